The molecular weight excluding hydrogens is 460 g/mol. The molecule has 4 aromatic rings. The summed E-state index contributed by atoms with van der Waals surface area (Å²) >= 11 is 6.57. The van der Waals surface area contributed by atoms with Crippen LogP contribution in [0.25, 0.3) is 10.9 Å². The van der Waals surface area contributed by atoms with Gasteiger partial charge in [-0.25, -0.2) is 4.68 Å². The number of aromatic amines is 1. The van der Waals surface area contributed by atoms with Crippen molar-refractivity contribution < 1.29 is 0 Å². The molecule has 1 atom stereocenters. The molecule has 1 aliphatic rings. The zero-order chi connectivity index (χ0) is 24.4. The fraction of sp³-hybridized carbons (Fsp3) is 0.407. The summed E-state index contributed by atoms with van der Waals surface area (Å²) < 4.78 is 2.02. The number of fused-ring (bicyclic) bond motifs is 1. The summed E-state index contributed by atoms with van der Waals surface area (Å²) in [4.78, 5) is 18.4. The zero-order valence-corrected chi connectivity index (χ0v) is 21.0. The Hall–Kier alpha value is -3.03. The van der Waals surface area contributed by atoms with E-state index in [2.05, 4.69) is 45.3 Å². The normalized spacial score (nSPS) is 15.3. The fourth-order valence-corrected chi connectivity index (χ4v) is 5.46. The van der Waals surface area contributed by atoms with E-state index < -0.39 is 0 Å². The largest absolute Gasteiger partial charge is 0.322 e. The van der Waals surface area contributed by atoms with Crippen molar-refractivity contribution in [2.75, 3.05) is 0 Å². The van der Waals surface area contributed by atoms with Gasteiger partial charge < -0.3 is 4.98 Å². The second kappa shape index (κ2) is 10.3. The number of halogens is 1. The van der Waals surface area contributed by atoms with Crippen molar-refractivity contribution >= 4 is 22.5 Å². The average molecular weight is 491 g/mol. The highest BCUT2D eigenvalue weighted by molar-refractivity contribution is 6.31. The average Bonchev–Trinajstić information content (AvgIpc) is 3.54. The molecule has 2 aromatic carbocycles. The molecule has 0 radical (unpaired) electrons. The van der Waals surface area contributed by atoms with E-state index in [4.69, 9.17) is 11.6 Å². The van der Waals surface area contributed by atoms with Gasteiger partial charge in [-0.05, 0) is 71.8 Å². The standard InChI is InChI=1S/C27H31ClN6O/c1-3-25(26-30-31-32-34(26)22-9-5-6-10-22)33(16-19-8-4-7-11-23(19)28)17-21-15-20-14-18(2)12-13-24(20)29-27(21)35/h4,7-8,11-15,22,25H,3,5-6,9-10,16-17H2,1-2H3,(H,29,35). The molecule has 2 heterocycles. The van der Waals surface area contributed by atoms with Gasteiger partial charge in [0, 0.05) is 29.2 Å². The highest BCUT2D eigenvalue weighted by Gasteiger charge is 2.30. The van der Waals surface area contributed by atoms with Crippen LogP contribution in [0.5, 0.6) is 0 Å². The van der Waals surface area contributed by atoms with Gasteiger partial charge in [-0.1, -0.05) is 61.2 Å². The summed E-state index contributed by atoms with van der Waals surface area (Å²) in [7, 11) is 0. The van der Waals surface area contributed by atoms with Crippen LogP contribution in [-0.2, 0) is 13.1 Å². The van der Waals surface area contributed by atoms with Gasteiger partial charge in [-0.3, -0.25) is 9.69 Å². The number of aromatic nitrogens is 5. The summed E-state index contributed by atoms with van der Waals surface area (Å²) in [5.74, 6) is 0.861. The third-order valence-corrected chi connectivity index (χ3v) is 7.46. The molecule has 35 heavy (non-hydrogen) atoms. The van der Waals surface area contributed by atoms with Crippen molar-refractivity contribution in [1.82, 2.24) is 30.1 Å². The molecule has 1 unspecified atom stereocenters. The fourth-order valence-electron chi connectivity index (χ4n) is 5.26. The Labute approximate surface area is 210 Å². The van der Waals surface area contributed by atoms with E-state index in [9.17, 15) is 4.79 Å². The second-order valence-corrected chi connectivity index (χ2v) is 9.96. The molecule has 1 aliphatic carbocycles. The quantitative estimate of drug-likeness (QED) is 0.340. The number of H-pyrrole nitrogens is 1. The lowest BCUT2D eigenvalue weighted by atomic mass is 10.1. The molecule has 1 N–H and O–H groups in total. The van der Waals surface area contributed by atoms with Crippen molar-refractivity contribution in [3.05, 3.63) is 86.4 Å². The van der Waals surface area contributed by atoms with Crippen molar-refractivity contribution in [2.24, 2.45) is 0 Å². The van der Waals surface area contributed by atoms with Crippen molar-refractivity contribution in [3.8, 4) is 0 Å². The molecular formula is C27H31ClN6O. The minimum absolute atomic E-state index is 0.0607. The number of hydrogen-bond donors (Lipinski definition) is 1. The molecule has 0 aliphatic heterocycles. The van der Waals surface area contributed by atoms with Gasteiger partial charge in [0.1, 0.15) is 0 Å². The Bertz CT molecular complexity index is 1370. The van der Waals surface area contributed by atoms with Crippen LogP contribution in [0.3, 0.4) is 0 Å². The van der Waals surface area contributed by atoms with Gasteiger partial charge in [-0.15, -0.1) is 5.10 Å². The van der Waals surface area contributed by atoms with E-state index in [-0.39, 0.29) is 11.6 Å². The molecule has 0 spiro atoms. The number of nitrogens with zero attached hydrogens (tertiary/aromatic N) is 5. The van der Waals surface area contributed by atoms with Crippen LogP contribution in [0.2, 0.25) is 5.02 Å². The predicted octanol–water partition coefficient (Wildman–Crippen LogP) is 5.75. The number of rotatable bonds is 8. The number of nitrogens with one attached hydrogen (secondary N) is 1. The van der Waals surface area contributed by atoms with E-state index in [1.54, 1.807) is 0 Å². The second-order valence-electron chi connectivity index (χ2n) is 9.55. The van der Waals surface area contributed by atoms with E-state index in [1.165, 1.54) is 12.8 Å². The Morgan fingerprint density at radius 3 is 2.66 bits per heavy atom. The molecule has 8 heteroatoms. The first kappa shape index (κ1) is 23.7. The number of hydrogen-bond acceptors (Lipinski definition) is 5. The minimum Gasteiger partial charge on any atom is -0.322 e. The van der Waals surface area contributed by atoms with Crippen LogP contribution in [-0.4, -0.2) is 30.1 Å². The summed E-state index contributed by atoms with van der Waals surface area (Å²) in [5.41, 5.74) is 3.66. The first-order valence-electron chi connectivity index (χ1n) is 12.4. The maximum absolute atomic E-state index is 13.1. The lowest BCUT2D eigenvalue weighted by Crippen LogP contribution is -2.33. The topological polar surface area (TPSA) is 79.7 Å². The van der Waals surface area contributed by atoms with Crippen molar-refractivity contribution in [2.45, 2.75) is 71.1 Å². The predicted molar refractivity (Wildman–Crippen MR) is 138 cm³/mol. The van der Waals surface area contributed by atoms with Crippen LogP contribution in [0.15, 0.2) is 53.3 Å². The third-order valence-electron chi connectivity index (χ3n) is 7.10. The zero-order valence-electron chi connectivity index (χ0n) is 20.2. The van der Waals surface area contributed by atoms with Gasteiger partial charge in [0.2, 0.25) is 0 Å². The Morgan fingerprint density at radius 1 is 1.11 bits per heavy atom. The lowest BCUT2D eigenvalue weighted by molar-refractivity contribution is 0.158. The molecule has 5 rings (SSSR count). The van der Waals surface area contributed by atoms with E-state index in [1.807, 2.05) is 47.1 Å². The molecule has 0 saturated heterocycles. The summed E-state index contributed by atoms with van der Waals surface area (Å²) in [6, 6.07) is 16.2. The molecule has 0 bridgehead atoms. The molecule has 182 valence electrons. The Morgan fingerprint density at radius 2 is 1.89 bits per heavy atom. The summed E-state index contributed by atoms with van der Waals surface area (Å²) in [6.45, 7) is 5.25. The van der Waals surface area contributed by atoms with Gasteiger partial charge in [0.15, 0.2) is 5.82 Å². The van der Waals surface area contributed by atoms with E-state index >= 15 is 0 Å². The lowest BCUT2D eigenvalue weighted by Gasteiger charge is -2.31. The molecule has 1 fully saturated rings. The van der Waals surface area contributed by atoms with Crippen LogP contribution in [0.4, 0.5) is 0 Å². The highest BCUT2D eigenvalue weighted by atomic mass is 35.5. The van der Waals surface area contributed by atoms with Gasteiger partial charge in [0.25, 0.3) is 5.56 Å². The molecule has 1 saturated carbocycles. The number of pyridine rings is 1. The number of tetrazole rings is 1. The SMILES string of the molecule is CCC(c1nnnn1C1CCCC1)N(Cc1ccccc1Cl)Cc1cc2cc(C)ccc2[nH]c1=O. The highest BCUT2D eigenvalue weighted by Crippen LogP contribution is 2.34. The van der Waals surface area contributed by atoms with Crippen molar-refractivity contribution in [3.63, 3.8) is 0 Å². The molecule has 2 aromatic heterocycles. The number of benzene rings is 2. The van der Waals surface area contributed by atoms with Gasteiger partial charge >= 0.3 is 0 Å². The van der Waals surface area contributed by atoms with Crippen LogP contribution in [0.1, 0.15) is 73.6 Å². The van der Waals surface area contributed by atoms with Crippen LogP contribution < -0.4 is 5.56 Å². The summed E-state index contributed by atoms with van der Waals surface area (Å²) in [5, 5.41) is 14.7. The third kappa shape index (κ3) is 5.02. The smallest absolute Gasteiger partial charge is 0.252 e. The first-order valence-corrected chi connectivity index (χ1v) is 12.8. The molecule has 0 amide bonds. The maximum atomic E-state index is 13.1. The number of aryl methyl sites for hydroxylation is 1. The van der Waals surface area contributed by atoms with E-state index in [0.29, 0.717) is 29.7 Å². The maximum Gasteiger partial charge on any atom is 0.252 e. The minimum atomic E-state index is -0.0734. The van der Waals surface area contributed by atoms with E-state index in [0.717, 1.165) is 47.1 Å². The van der Waals surface area contributed by atoms with Crippen LogP contribution in [0, 0.1) is 6.92 Å². The summed E-state index contributed by atoms with van der Waals surface area (Å²) in [6.07, 6.45) is 5.42. The molecule has 7 nitrogen and oxygen atoms in total. The van der Waals surface area contributed by atoms with Crippen molar-refractivity contribution in [1.29, 1.82) is 0 Å². The van der Waals surface area contributed by atoms with Gasteiger partial charge in [-0.2, -0.15) is 0 Å². The van der Waals surface area contributed by atoms with Gasteiger partial charge in [0.05, 0.1) is 12.1 Å². The Balaban J connectivity index is 1.55. The Kier molecular flexibility index (Phi) is 6.97. The van der Waals surface area contributed by atoms with Crippen LogP contribution >= 0.6 is 11.6 Å². The monoisotopic (exact) mass is 490 g/mol. The first-order chi connectivity index (χ1) is 17.0.